The molecule has 0 saturated heterocycles. The Labute approximate surface area is 187 Å². The normalized spacial score (nSPS) is 39.5. The first-order valence-corrected chi connectivity index (χ1v) is 12.0. The minimum atomic E-state index is -1.08. The zero-order valence-electron chi connectivity index (χ0n) is 19.5. The van der Waals surface area contributed by atoms with Crippen LogP contribution in [0.3, 0.4) is 0 Å². The van der Waals surface area contributed by atoms with E-state index in [9.17, 15) is 20.4 Å². The van der Waals surface area contributed by atoms with Crippen molar-refractivity contribution in [2.45, 2.75) is 96.1 Å². The quantitative estimate of drug-likeness (QED) is 0.491. The largest absolute Gasteiger partial charge is 0.393 e. The van der Waals surface area contributed by atoms with Gasteiger partial charge >= 0.3 is 0 Å². The van der Waals surface area contributed by atoms with Gasteiger partial charge in [-0.2, -0.15) is 0 Å². The van der Waals surface area contributed by atoms with E-state index in [0.29, 0.717) is 37.7 Å². The average molecular weight is 435 g/mol. The molecule has 0 aliphatic heterocycles. The van der Waals surface area contributed by atoms with E-state index < -0.39 is 17.8 Å². The molecule has 0 bridgehead atoms. The fraction of sp³-hybridized carbons (Fsp3) is 0.769. The molecule has 5 nitrogen and oxygen atoms in total. The predicted molar refractivity (Wildman–Crippen MR) is 122 cm³/mol. The number of hydrogen-bond acceptors (Lipinski definition) is 5. The second-order valence-electron chi connectivity index (χ2n) is 10.6. The predicted octanol–water partition coefficient (Wildman–Crippen LogP) is 3.67. The van der Waals surface area contributed by atoms with Crippen LogP contribution in [0, 0.1) is 17.3 Å². The summed E-state index contributed by atoms with van der Waals surface area (Å²) in [5, 5.41) is 39.4. The van der Waals surface area contributed by atoms with Crippen LogP contribution in [0.4, 0.5) is 0 Å². The molecule has 176 valence electrons. The van der Waals surface area contributed by atoms with Gasteiger partial charge in [-0.05, 0) is 80.8 Å². The van der Waals surface area contributed by atoms with E-state index >= 15 is 0 Å². The first kappa shape index (κ1) is 24.7. The van der Waals surface area contributed by atoms with Crippen molar-refractivity contribution in [3.8, 4) is 0 Å². The molecule has 0 heterocycles. The van der Waals surface area contributed by atoms with Crippen molar-refractivity contribution in [3.05, 3.63) is 35.5 Å². The van der Waals surface area contributed by atoms with Gasteiger partial charge in [-0.3, -0.25) is 0 Å². The lowest BCUT2D eigenvalue weighted by Crippen LogP contribution is -2.39. The van der Waals surface area contributed by atoms with Gasteiger partial charge in [0.1, 0.15) is 0 Å². The maximum atomic E-state index is 10.1. The third-order valence-corrected chi connectivity index (χ3v) is 8.23. The number of aliphatic hydroxyl groups excluding tert-OH is 3. The van der Waals surface area contributed by atoms with Crippen LogP contribution in [0.15, 0.2) is 35.5 Å². The summed E-state index contributed by atoms with van der Waals surface area (Å²) in [7, 11) is 0. The fourth-order valence-corrected chi connectivity index (χ4v) is 6.18. The highest BCUT2D eigenvalue weighted by Crippen LogP contribution is 2.58. The summed E-state index contributed by atoms with van der Waals surface area (Å²) in [6.07, 6.45) is 10.4. The Morgan fingerprint density at radius 3 is 2.74 bits per heavy atom. The standard InChI is InChI=1S/C26H42O5/c1-17-20(14-21(28)15-24(17)29)8-7-19-6-5-11-26(4)22(9-10-23(19)26)18(2)31-13-12-25(3,30)16-27/h7-8,18,21-24,27-30H,1,5-6,9-16H2,2-4H3/b19-7+,20-8-/t18-,21+,22+,23-,24-,25+,26+/m0/s1. The van der Waals surface area contributed by atoms with Crippen molar-refractivity contribution in [1.82, 2.24) is 0 Å². The number of fused-ring (bicyclic) bond motifs is 1. The number of rotatable bonds is 7. The zero-order chi connectivity index (χ0) is 22.8. The molecule has 3 aliphatic rings. The molecule has 0 unspecified atom stereocenters. The lowest BCUT2D eigenvalue weighted by Gasteiger charge is -2.44. The van der Waals surface area contributed by atoms with Crippen LogP contribution in [0.2, 0.25) is 0 Å². The van der Waals surface area contributed by atoms with Crippen LogP contribution in [-0.2, 0) is 4.74 Å². The molecule has 0 amide bonds. The molecular formula is C26H42O5. The van der Waals surface area contributed by atoms with E-state index in [2.05, 4.69) is 32.6 Å². The SMILES string of the molecule is C=C1/C(=C\C=C2/CCC[C@]3(C)[C@@H]([C@H](C)OCC[C@@](C)(O)CO)CC[C@@H]23)C[C@@H](O)C[C@@H]1O. The van der Waals surface area contributed by atoms with Gasteiger partial charge in [0.2, 0.25) is 0 Å². The maximum absolute atomic E-state index is 10.1. The van der Waals surface area contributed by atoms with Crippen molar-refractivity contribution in [2.24, 2.45) is 17.3 Å². The summed E-state index contributed by atoms with van der Waals surface area (Å²) in [5.74, 6) is 1.00. The smallest absolute Gasteiger partial charge is 0.0871 e. The third kappa shape index (κ3) is 5.51. The molecular weight excluding hydrogens is 392 g/mol. The van der Waals surface area contributed by atoms with Gasteiger partial charge in [0.25, 0.3) is 0 Å². The average Bonchev–Trinajstić information content (AvgIpc) is 3.07. The topological polar surface area (TPSA) is 90.2 Å². The maximum Gasteiger partial charge on any atom is 0.0871 e. The first-order valence-electron chi connectivity index (χ1n) is 12.0. The van der Waals surface area contributed by atoms with Gasteiger partial charge in [-0.15, -0.1) is 0 Å². The lowest BCUT2D eigenvalue weighted by molar-refractivity contribution is -0.0628. The summed E-state index contributed by atoms with van der Waals surface area (Å²) in [5.41, 5.74) is 2.30. The molecule has 3 rings (SSSR count). The van der Waals surface area contributed by atoms with Gasteiger partial charge in [0.15, 0.2) is 0 Å². The number of hydrogen-bond donors (Lipinski definition) is 4. The second-order valence-corrected chi connectivity index (χ2v) is 10.6. The van der Waals surface area contributed by atoms with E-state index in [1.165, 1.54) is 12.0 Å². The number of ether oxygens (including phenoxy) is 1. The van der Waals surface area contributed by atoms with Crippen molar-refractivity contribution in [3.63, 3.8) is 0 Å². The highest BCUT2D eigenvalue weighted by Gasteiger charge is 2.51. The molecule has 5 heteroatoms. The van der Waals surface area contributed by atoms with Crippen molar-refractivity contribution in [2.75, 3.05) is 13.2 Å². The Morgan fingerprint density at radius 1 is 1.29 bits per heavy atom. The van der Waals surface area contributed by atoms with E-state index in [1.54, 1.807) is 6.92 Å². The van der Waals surface area contributed by atoms with Gasteiger partial charge in [-0.25, -0.2) is 0 Å². The number of aliphatic hydroxyl groups is 4. The molecule has 7 atom stereocenters. The highest BCUT2D eigenvalue weighted by molar-refractivity contribution is 5.38. The Balaban J connectivity index is 1.68. The molecule has 0 aromatic carbocycles. The minimum absolute atomic E-state index is 0.116. The Bertz CT molecular complexity index is 709. The van der Waals surface area contributed by atoms with E-state index in [1.807, 2.05) is 0 Å². The fourth-order valence-electron chi connectivity index (χ4n) is 6.18. The van der Waals surface area contributed by atoms with Crippen molar-refractivity contribution in [1.29, 1.82) is 0 Å². The van der Waals surface area contributed by atoms with Crippen LogP contribution >= 0.6 is 0 Å². The van der Waals surface area contributed by atoms with E-state index in [0.717, 1.165) is 36.8 Å². The molecule has 0 radical (unpaired) electrons. The van der Waals surface area contributed by atoms with Crippen LogP contribution in [-0.4, -0.2) is 57.6 Å². The Morgan fingerprint density at radius 2 is 2.03 bits per heavy atom. The molecule has 0 spiro atoms. The Hall–Kier alpha value is -0.980. The summed E-state index contributed by atoms with van der Waals surface area (Å²) >= 11 is 0. The molecule has 3 fully saturated rings. The summed E-state index contributed by atoms with van der Waals surface area (Å²) < 4.78 is 6.14. The van der Waals surface area contributed by atoms with E-state index in [-0.39, 0.29) is 18.1 Å². The molecule has 31 heavy (non-hydrogen) atoms. The monoisotopic (exact) mass is 434 g/mol. The molecule has 3 aliphatic carbocycles. The minimum Gasteiger partial charge on any atom is -0.393 e. The van der Waals surface area contributed by atoms with Crippen molar-refractivity contribution >= 4 is 0 Å². The molecule has 0 aromatic heterocycles. The number of allylic oxidation sites excluding steroid dienone is 3. The second kappa shape index (κ2) is 9.88. The molecule has 3 saturated carbocycles. The lowest BCUT2D eigenvalue weighted by atomic mass is 9.62. The third-order valence-electron chi connectivity index (χ3n) is 8.23. The van der Waals surface area contributed by atoms with Gasteiger partial charge in [-0.1, -0.05) is 31.2 Å². The zero-order valence-corrected chi connectivity index (χ0v) is 19.5. The molecule has 4 N–H and O–H groups in total. The van der Waals surface area contributed by atoms with Gasteiger partial charge in [0, 0.05) is 19.4 Å². The van der Waals surface area contributed by atoms with Crippen LogP contribution in [0.1, 0.15) is 72.1 Å². The first-order chi connectivity index (χ1) is 14.6. The summed E-state index contributed by atoms with van der Waals surface area (Å²) in [6, 6.07) is 0. The molecule has 0 aromatic rings. The van der Waals surface area contributed by atoms with Gasteiger partial charge in [0.05, 0.1) is 30.5 Å². The van der Waals surface area contributed by atoms with Crippen molar-refractivity contribution < 1.29 is 25.2 Å². The van der Waals surface area contributed by atoms with E-state index in [4.69, 9.17) is 4.74 Å². The summed E-state index contributed by atoms with van der Waals surface area (Å²) in [6.45, 7) is 10.4. The van der Waals surface area contributed by atoms with Gasteiger partial charge < -0.3 is 25.2 Å². The van der Waals surface area contributed by atoms with Crippen LogP contribution in [0.25, 0.3) is 0 Å². The highest BCUT2D eigenvalue weighted by atomic mass is 16.5. The Kier molecular flexibility index (Phi) is 7.86. The van der Waals surface area contributed by atoms with Crippen LogP contribution in [0.5, 0.6) is 0 Å². The van der Waals surface area contributed by atoms with Crippen LogP contribution < -0.4 is 0 Å². The summed E-state index contributed by atoms with van der Waals surface area (Å²) in [4.78, 5) is 0.